The Hall–Kier alpha value is -1.05. The standard InChI is InChI=1S/C14H20O2/c1-8-9(2)13-11(10(3)12(8)15)6-7-14(4,5)16-13/h10H,6-7H2,1-5H3. The first-order chi connectivity index (χ1) is 7.33. The lowest BCUT2D eigenvalue weighted by atomic mass is 9.78. The second-order valence-corrected chi connectivity index (χ2v) is 5.55. The highest BCUT2D eigenvalue weighted by Gasteiger charge is 2.37. The molecule has 0 saturated heterocycles. The minimum Gasteiger partial charge on any atom is -0.488 e. The van der Waals surface area contributed by atoms with Crippen molar-refractivity contribution in [3.8, 4) is 0 Å². The van der Waals surface area contributed by atoms with Gasteiger partial charge in [-0.05, 0) is 57.3 Å². The van der Waals surface area contributed by atoms with Crippen LogP contribution in [0.3, 0.4) is 0 Å². The van der Waals surface area contributed by atoms with E-state index < -0.39 is 0 Å². The zero-order valence-electron chi connectivity index (χ0n) is 10.8. The molecule has 2 heteroatoms. The Labute approximate surface area is 97.4 Å². The maximum atomic E-state index is 12.0. The molecule has 0 radical (unpaired) electrons. The third-order valence-corrected chi connectivity index (χ3v) is 3.86. The third-order valence-electron chi connectivity index (χ3n) is 3.86. The van der Waals surface area contributed by atoms with Crippen LogP contribution in [0.4, 0.5) is 0 Å². The maximum absolute atomic E-state index is 12.0. The van der Waals surface area contributed by atoms with Crippen LogP contribution in [0.5, 0.6) is 0 Å². The fourth-order valence-electron chi connectivity index (χ4n) is 2.51. The van der Waals surface area contributed by atoms with Crippen LogP contribution < -0.4 is 0 Å². The lowest BCUT2D eigenvalue weighted by Crippen LogP contribution is -2.34. The SMILES string of the molecule is CC1=C(C)C2=C(CCC(C)(C)O2)C(C)C1=O. The molecule has 0 aromatic heterocycles. The molecule has 2 aliphatic rings. The van der Waals surface area contributed by atoms with Gasteiger partial charge in [-0.15, -0.1) is 0 Å². The number of ketones is 1. The van der Waals surface area contributed by atoms with Crippen molar-refractivity contribution in [3.05, 3.63) is 22.5 Å². The Morgan fingerprint density at radius 3 is 2.50 bits per heavy atom. The van der Waals surface area contributed by atoms with E-state index in [9.17, 15) is 4.79 Å². The monoisotopic (exact) mass is 220 g/mol. The summed E-state index contributed by atoms with van der Waals surface area (Å²) in [5.41, 5.74) is 3.00. The summed E-state index contributed by atoms with van der Waals surface area (Å²) in [7, 11) is 0. The number of allylic oxidation sites excluding steroid dienone is 3. The molecule has 88 valence electrons. The van der Waals surface area contributed by atoms with Crippen LogP contribution in [0.1, 0.15) is 47.5 Å². The molecule has 1 atom stereocenters. The van der Waals surface area contributed by atoms with E-state index in [0.717, 1.165) is 29.7 Å². The number of carbonyl (C=O) groups excluding carboxylic acids is 1. The van der Waals surface area contributed by atoms with Gasteiger partial charge in [-0.1, -0.05) is 6.92 Å². The van der Waals surface area contributed by atoms with E-state index in [4.69, 9.17) is 4.74 Å². The Morgan fingerprint density at radius 1 is 1.25 bits per heavy atom. The molecular formula is C14H20O2. The van der Waals surface area contributed by atoms with E-state index in [2.05, 4.69) is 13.8 Å². The van der Waals surface area contributed by atoms with Crippen LogP contribution in [-0.4, -0.2) is 11.4 Å². The first kappa shape index (κ1) is 11.4. The highest BCUT2D eigenvalue weighted by molar-refractivity contribution is 6.01. The zero-order chi connectivity index (χ0) is 12.1. The molecule has 16 heavy (non-hydrogen) atoms. The summed E-state index contributed by atoms with van der Waals surface area (Å²) in [4.78, 5) is 12.0. The molecule has 0 aromatic rings. The van der Waals surface area contributed by atoms with Crippen molar-refractivity contribution in [3.63, 3.8) is 0 Å². The van der Waals surface area contributed by atoms with Crippen LogP contribution >= 0.6 is 0 Å². The summed E-state index contributed by atoms with van der Waals surface area (Å²) in [6.45, 7) is 10.1. The summed E-state index contributed by atoms with van der Waals surface area (Å²) < 4.78 is 6.05. The Bertz CT molecular complexity index is 410. The molecular weight excluding hydrogens is 200 g/mol. The average molecular weight is 220 g/mol. The number of rotatable bonds is 0. The van der Waals surface area contributed by atoms with E-state index in [1.807, 2.05) is 20.8 Å². The molecule has 1 unspecified atom stereocenters. The van der Waals surface area contributed by atoms with Crippen molar-refractivity contribution in [2.24, 2.45) is 5.92 Å². The molecule has 0 saturated carbocycles. The second-order valence-electron chi connectivity index (χ2n) is 5.55. The van der Waals surface area contributed by atoms with Gasteiger partial charge in [-0.25, -0.2) is 0 Å². The Kier molecular flexibility index (Phi) is 2.48. The van der Waals surface area contributed by atoms with Crippen LogP contribution in [0.2, 0.25) is 0 Å². The summed E-state index contributed by atoms with van der Waals surface area (Å²) in [6, 6.07) is 0. The van der Waals surface area contributed by atoms with Gasteiger partial charge in [0.1, 0.15) is 11.4 Å². The van der Waals surface area contributed by atoms with Crippen molar-refractivity contribution in [1.29, 1.82) is 0 Å². The van der Waals surface area contributed by atoms with Gasteiger partial charge in [0.15, 0.2) is 5.78 Å². The van der Waals surface area contributed by atoms with E-state index >= 15 is 0 Å². The highest BCUT2D eigenvalue weighted by atomic mass is 16.5. The van der Waals surface area contributed by atoms with Crippen molar-refractivity contribution in [2.75, 3.05) is 0 Å². The van der Waals surface area contributed by atoms with Gasteiger partial charge in [-0.2, -0.15) is 0 Å². The fourth-order valence-corrected chi connectivity index (χ4v) is 2.51. The number of hydrogen-bond acceptors (Lipinski definition) is 2. The highest BCUT2D eigenvalue weighted by Crippen LogP contribution is 2.42. The lowest BCUT2D eigenvalue weighted by Gasteiger charge is -2.38. The van der Waals surface area contributed by atoms with Gasteiger partial charge in [0.05, 0.1) is 0 Å². The van der Waals surface area contributed by atoms with Gasteiger partial charge in [-0.3, -0.25) is 4.79 Å². The first-order valence-electron chi connectivity index (χ1n) is 5.97. The van der Waals surface area contributed by atoms with Gasteiger partial charge in [0.25, 0.3) is 0 Å². The van der Waals surface area contributed by atoms with Crippen LogP contribution in [0.15, 0.2) is 22.5 Å². The van der Waals surface area contributed by atoms with Crippen molar-refractivity contribution in [1.82, 2.24) is 0 Å². The quantitative estimate of drug-likeness (QED) is 0.625. The number of ether oxygens (including phenoxy) is 1. The topological polar surface area (TPSA) is 26.3 Å². The minimum absolute atomic E-state index is 0.00907. The van der Waals surface area contributed by atoms with Gasteiger partial charge in [0.2, 0.25) is 0 Å². The van der Waals surface area contributed by atoms with Crippen LogP contribution in [-0.2, 0) is 9.53 Å². The molecule has 0 spiro atoms. The molecule has 0 N–H and O–H groups in total. The van der Waals surface area contributed by atoms with Crippen molar-refractivity contribution in [2.45, 2.75) is 53.1 Å². The number of carbonyl (C=O) groups is 1. The third kappa shape index (κ3) is 1.60. The van der Waals surface area contributed by atoms with Crippen molar-refractivity contribution >= 4 is 5.78 Å². The summed E-state index contributed by atoms with van der Waals surface area (Å²) in [5, 5.41) is 0. The number of Topliss-reactive ketones (excluding diaryl/α,β-unsaturated/α-hetero) is 1. The predicted molar refractivity (Wildman–Crippen MR) is 64.0 cm³/mol. The smallest absolute Gasteiger partial charge is 0.165 e. The average Bonchev–Trinajstić information content (AvgIpc) is 2.22. The molecule has 2 nitrogen and oxygen atoms in total. The Balaban J connectivity index is 2.49. The van der Waals surface area contributed by atoms with E-state index in [-0.39, 0.29) is 17.3 Å². The summed E-state index contributed by atoms with van der Waals surface area (Å²) in [5.74, 6) is 1.26. The molecule has 2 rings (SSSR count). The predicted octanol–water partition coefficient (Wildman–Crippen LogP) is 3.38. The molecule has 1 heterocycles. The van der Waals surface area contributed by atoms with Gasteiger partial charge >= 0.3 is 0 Å². The largest absolute Gasteiger partial charge is 0.488 e. The van der Waals surface area contributed by atoms with Gasteiger partial charge < -0.3 is 4.74 Å². The molecule has 0 bridgehead atoms. The van der Waals surface area contributed by atoms with Gasteiger partial charge in [0, 0.05) is 5.92 Å². The maximum Gasteiger partial charge on any atom is 0.165 e. The van der Waals surface area contributed by atoms with Crippen molar-refractivity contribution < 1.29 is 9.53 Å². The zero-order valence-corrected chi connectivity index (χ0v) is 10.8. The lowest BCUT2D eigenvalue weighted by molar-refractivity contribution is -0.118. The summed E-state index contributed by atoms with van der Waals surface area (Å²) >= 11 is 0. The second kappa shape index (κ2) is 3.47. The molecule has 0 amide bonds. The summed E-state index contributed by atoms with van der Waals surface area (Å²) in [6.07, 6.45) is 1.98. The molecule has 1 aliphatic carbocycles. The number of hydrogen-bond donors (Lipinski definition) is 0. The van der Waals surface area contributed by atoms with E-state index in [0.29, 0.717) is 0 Å². The first-order valence-corrected chi connectivity index (χ1v) is 5.97. The molecule has 0 fully saturated rings. The van der Waals surface area contributed by atoms with Crippen LogP contribution in [0, 0.1) is 5.92 Å². The van der Waals surface area contributed by atoms with E-state index in [1.165, 1.54) is 5.57 Å². The molecule has 1 aliphatic heterocycles. The fraction of sp³-hybridized carbons (Fsp3) is 0.643. The normalized spacial score (nSPS) is 29.1. The molecule has 0 aromatic carbocycles. The van der Waals surface area contributed by atoms with E-state index in [1.54, 1.807) is 0 Å². The Morgan fingerprint density at radius 2 is 1.88 bits per heavy atom. The minimum atomic E-state index is -0.0967. The van der Waals surface area contributed by atoms with Crippen LogP contribution in [0.25, 0.3) is 0 Å².